The second kappa shape index (κ2) is 6.43. The van der Waals surface area contributed by atoms with E-state index in [4.69, 9.17) is 0 Å². The lowest BCUT2D eigenvalue weighted by Gasteiger charge is -2.26. The summed E-state index contributed by atoms with van der Waals surface area (Å²) in [6.45, 7) is 5.03. The van der Waals surface area contributed by atoms with Gasteiger partial charge in [-0.15, -0.1) is 0 Å². The average Bonchev–Trinajstić information content (AvgIpc) is 2.31. The third-order valence-corrected chi connectivity index (χ3v) is 4.01. The van der Waals surface area contributed by atoms with Crippen molar-refractivity contribution >= 4 is 21.6 Å². The number of benzene rings is 1. The predicted octanol–water partition coefficient (Wildman–Crippen LogP) is 2.47. The van der Waals surface area contributed by atoms with E-state index >= 15 is 0 Å². The minimum absolute atomic E-state index is 0.0146. The van der Waals surface area contributed by atoms with Crippen molar-refractivity contribution in [2.24, 2.45) is 0 Å². The molecule has 0 aliphatic heterocycles. The fourth-order valence-corrected chi connectivity index (χ4v) is 2.59. The lowest BCUT2D eigenvalue weighted by atomic mass is 10.0. The van der Waals surface area contributed by atoms with Crippen LogP contribution in [-0.4, -0.2) is 32.0 Å². The van der Waals surface area contributed by atoms with Crippen LogP contribution in [0.1, 0.15) is 25.8 Å². The highest BCUT2D eigenvalue weighted by Crippen LogP contribution is 2.18. The zero-order chi connectivity index (χ0) is 16.3. The van der Waals surface area contributed by atoms with Gasteiger partial charge >= 0.3 is 6.03 Å². The Labute approximate surface area is 124 Å². The Balaban J connectivity index is 2.66. The van der Waals surface area contributed by atoms with Crippen molar-refractivity contribution in [3.8, 4) is 0 Å². The molecule has 7 heteroatoms. The monoisotopic (exact) mass is 316 g/mol. The first-order chi connectivity index (χ1) is 9.50. The van der Waals surface area contributed by atoms with E-state index < -0.39 is 27.2 Å². The molecule has 1 aromatic rings. The summed E-state index contributed by atoms with van der Waals surface area (Å²) >= 11 is 0. The first-order valence-electron chi connectivity index (χ1n) is 6.52. The van der Waals surface area contributed by atoms with E-state index in [-0.39, 0.29) is 5.75 Å². The molecule has 0 spiro atoms. The Morgan fingerprint density at radius 1 is 1.33 bits per heavy atom. The number of rotatable bonds is 5. The summed E-state index contributed by atoms with van der Waals surface area (Å²) in [7, 11) is -3.09. The molecule has 0 bridgehead atoms. The second-order valence-corrected chi connectivity index (χ2v) is 8.02. The van der Waals surface area contributed by atoms with E-state index in [1.807, 2.05) is 0 Å². The van der Waals surface area contributed by atoms with Gasteiger partial charge < -0.3 is 10.6 Å². The number of halogens is 1. The van der Waals surface area contributed by atoms with Gasteiger partial charge in [0.15, 0.2) is 0 Å². The molecule has 2 amide bonds. The highest BCUT2D eigenvalue weighted by molar-refractivity contribution is 7.90. The molecule has 0 aliphatic rings. The van der Waals surface area contributed by atoms with Gasteiger partial charge in [-0.1, -0.05) is 6.07 Å². The van der Waals surface area contributed by atoms with Crippen LogP contribution in [0.4, 0.5) is 14.9 Å². The molecule has 0 saturated carbocycles. The van der Waals surface area contributed by atoms with Crippen LogP contribution < -0.4 is 10.6 Å². The van der Waals surface area contributed by atoms with E-state index in [1.54, 1.807) is 26.8 Å². The highest BCUT2D eigenvalue weighted by atomic mass is 32.2. The molecule has 0 radical (unpaired) electrons. The molecule has 1 rings (SSSR count). The summed E-state index contributed by atoms with van der Waals surface area (Å²) in [5, 5.41) is 5.25. The zero-order valence-electron chi connectivity index (χ0n) is 12.7. The van der Waals surface area contributed by atoms with Crippen molar-refractivity contribution in [2.45, 2.75) is 32.7 Å². The Morgan fingerprint density at radius 3 is 2.52 bits per heavy atom. The van der Waals surface area contributed by atoms with Crippen molar-refractivity contribution in [3.63, 3.8) is 0 Å². The maximum atomic E-state index is 13.4. The Kier molecular flexibility index (Phi) is 5.33. The van der Waals surface area contributed by atoms with Gasteiger partial charge in [0, 0.05) is 23.0 Å². The number of amides is 2. The van der Waals surface area contributed by atoms with Gasteiger partial charge in [0.2, 0.25) is 0 Å². The van der Waals surface area contributed by atoms with Crippen molar-refractivity contribution < 1.29 is 17.6 Å². The molecule has 0 saturated heterocycles. The normalized spacial score (nSPS) is 12.0. The molecule has 118 valence electrons. The maximum absolute atomic E-state index is 13.4. The summed E-state index contributed by atoms with van der Waals surface area (Å²) in [5.74, 6) is -0.414. The van der Waals surface area contributed by atoms with Crippen LogP contribution in [0.5, 0.6) is 0 Å². The fraction of sp³-hybridized carbons (Fsp3) is 0.500. The van der Waals surface area contributed by atoms with Crippen molar-refractivity contribution in [3.05, 3.63) is 29.6 Å². The molecule has 0 aliphatic carbocycles. The number of nitrogens with one attached hydrogen (secondary N) is 2. The fourth-order valence-electron chi connectivity index (χ4n) is 1.71. The summed E-state index contributed by atoms with van der Waals surface area (Å²) in [6.07, 6.45) is 1.45. The smallest absolute Gasteiger partial charge is 0.319 e. The number of carbonyl (C=O) groups excluding carboxylic acids is 1. The molecule has 1 aromatic carbocycles. The van der Waals surface area contributed by atoms with Crippen LogP contribution in [0.25, 0.3) is 0 Å². The predicted molar refractivity (Wildman–Crippen MR) is 81.7 cm³/mol. The van der Waals surface area contributed by atoms with Crippen LogP contribution in [0.3, 0.4) is 0 Å². The molecule has 0 atom stereocenters. The van der Waals surface area contributed by atoms with E-state index in [0.717, 1.165) is 6.26 Å². The van der Waals surface area contributed by atoms with E-state index in [1.165, 1.54) is 12.1 Å². The van der Waals surface area contributed by atoms with Gasteiger partial charge in [0.05, 0.1) is 5.75 Å². The van der Waals surface area contributed by atoms with E-state index in [0.29, 0.717) is 17.7 Å². The summed E-state index contributed by atoms with van der Waals surface area (Å²) in [6, 6.07) is 3.92. The Morgan fingerprint density at radius 2 is 1.95 bits per heavy atom. The maximum Gasteiger partial charge on any atom is 0.319 e. The summed E-state index contributed by atoms with van der Waals surface area (Å²) in [4.78, 5) is 11.9. The van der Waals surface area contributed by atoms with E-state index in [2.05, 4.69) is 10.6 Å². The molecular formula is C14H21FN2O3S. The average molecular weight is 316 g/mol. The minimum Gasteiger partial charge on any atom is -0.333 e. The molecular weight excluding hydrogens is 295 g/mol. The van der Waals surface area contributed by atoms with Crippen LogP contribution in [-0.2, 0) is 9.84 Å². The van der Waals surface area contributed by atoms with Gasteiger partial charge in [-0.05, 0) is 39.3 Å². The molecule has 5 nitrogen and oxygen atoms in total. The number of anilines is 1. The number of urea groups is 1. The number of carbonyl (C=O) groups is 1. The van der Waals surface area contributed by atoms with Gasteiger partial charge in [-0.3, -0.25) is 0 Å². The largest absolute Gasteiger partial charge is 0.333 e. The Bertz CT molecular complexity index is 627. The van der Waals surface area contributed by atoms with Gasteiger partial charge in [-0.2, -0.15) is 0 Å². The van der Waals surface area contributed by atoms with E-state index in [9.17, 15) is 17.6 Å². The van der Waals surface area contributed by atoms with Crippen molar-refractivity contribution in [1.29, 1.82) is 0 Å². The first kappa shape index (κ1) is 17.4. The molecule has 21 heavy (non-hydrogen) atoms. The molecule has 0 unspecified atom stereocenters. The third kappa shape index (κ3) is 6.12. The standard InChI is InChI=1S/C14H21FN2O3S/c1-10-11(15)6-5-7-12(10)16-13(18)17-14(2,3)8-9-21(4,19)20/h5-7H,8-9H2,1-4H3,(H2,16,17,18). The van der Waals surface area contributed by atoms with Gasteiger partial charge in [-0.25, -0.2) is 17.6 Å². The third-order valence-electron chi connectivity index (χ3n) is 3.07. The zero-order valence-corrected chi connectivity index (χ0v) is 13.5. The van der Waals surface area contributed by atoms with Crippen LogP contribution >= 0.6 is 0 Å². The van der Waals surface area contributed by atoms with Gasteiger partial charge in [0.1, 0.15) is 15.7 Å². The Hall–Kier alpha value is -1.63. The quantitative estimate of drug-likeness (QED) is 0.876. The lowest BCUT2D eigenvalue weighted by Crippen LogP contribution is -2.46. The number of hydrogen-bond acceptors (Lipinski definition) is 3. The van der Waals surface area contributed by atoms with Crippen molar-refractivity contribution in [2.75, 3.05) is 17.3 Å². The lowest BCUT2D eigenvalue weighted by molar-refractivity contribution is 0.240. The van der Waals surface area contributed by atoms with Gasteiger partial charge in [0.25, 0.3) is 0 Å². The second-order valence-electron chi connectivity index (χ2n) is 5.76. The number of hydrogen-bond donors (Lipinski definition) is 2. The minimum atomic E-state index is -3.09. The van der Waals surface area contributed by atoms with Crippen LogP contribution in [0, 0.1) is 12.7 Å². The molecule has 2 N–H and O–H groups in total. The van der Waals surface area contributed by atoms with Crippen LogP contribution in [0.2, 0.25) is 0 Å². The summed E-state index contributed by atoms with van der Waals surface area (Å²) in [5.41, 5.74) is 0.0435. The highest BCUT2D eigenvalue weighted by Gasteiger charge is 2.22. The molecule has 0 fully saturated rings. The van der Waals surface area contributed by atoms with Crippen molar-refractivity contribution in [1.82, 2.24) is 5.32 Å². The summed E-state index contributed by atoms with van der Waals surface area (Å²) < 4.78 is 35.7. The topological polar surface area (TPSA) is 75.3 Å². The first-order valence-corrected chi connectivity index (χ1v) is 8.58. The SMILES string of the molecule is Cc1c(F)cccc1NC(=O)NC(C)(C)CCS(C)(=O)=O. The van der Waals surface area contributed by atoms with Crippen LogP contribution in [0.15, 0.2) is 18.2 Å². The number of sulfone groups is 1. The molecule has 0 heterocycles. The molecule has 0 aromatic heterocycles.